The van der Waals surface area contributed by atoms with Crippen LogP contribution in [0.3, 0.4) is 0 Å². The first-order chi connectivity index (χ1) is 10.0. The standard InChI is InChI=1S/C16H21NO3S/c1-10-4-7-15(21-10)16(11(2)17)20-13-6-5-12(9-18)8-14(13)19-3/h4-8,11,16,18H,9,17H2,1-3H3. The minimum atomic E-state index is -0.224. The molecule has 0 amide bonds. The number of rotatable bonds is 6. The number of aliphatic hydroxyl groups excluding tert-OH is 1. The molecular weight excluding hydrogens is 286 g/mol. The summed E-state index contributed by atoms with van der Waals surface area (Å²) in [5.41, 5.74) is 6.86. The Bertz CT molecular complexity index is 595. The van der Waals surface area contributed by atoms with Gasteiger partial charge in [-0.3, -0.25) is 0 Å². The van der Waals surface area contributed by atoms with Gasteiger partial charge in [0.25, 0.3) is 0 Å². The highest BCUT2D eigenvalue weighted by atomic mass is 32.1. The Hall–Kier alpha value is -1.56. The molecule has 114 valence electrons. The smallest absolute Gasteiger partial charge is 0.162 e. The highest BCUT2D eigenvalue weighted by Gasteiger charge is 2.21. The quantitative estimate of drug-likeness (QED) is 0.861. The average Bonchev–Trinajstić information content (AvgIpc) is 2.90. The monoisotopic (exact) mass is 307 g/mol. The summed E-state index contributed by atoms with van der Waals surface area (Å²) in [6, 6.07) is 9.35. The van der Waals surface area contributed by atoms with Crippen molar-refractivity contribution in [1.29, 1.82) is 0 Å². The highest BCUT2D eigenvalue weighted by Crippen LogP contribution is 2.35. The molecule has 5 heteroatoms. The van der Waals surface area contributed by atoms with Crippen molar-refractivity contribution in [2.75, 3.05) is 7.11 Å². The van der Waals surface area contributed by atoms with E-state index in [4.69, 9.17) is 15.2 Å². The third-order valence-electron chi connectivity index (χ3n) is 3.18. The van der Waals surface area contributed by atoms with E-state index < -0.39 is 0 Å². The van der Waals surface area contributed by atoms with Crippen molar-refractivity contribution >= 4 is 11.3 Å². The lowest BCUT2D eigenvalue weighted by Crippen LogP contribution is -2.28. The van der Waals surface area contributed by atoms with Crippen LogP contribution in [-0.4, -0.2) is 18.3 Å². The van der Waals surface area contributed by atoms with Crippen LogP contribution in [0.15, 0.2) is 30.3 Å². The molecular formula is C16H21NO3S. The minimum Gasteiger partial charge on any atom is -0.493 e. The fourth-order valence-electron chi connectivity index (χ4n) is 2.08. The van der Waals surface area contributed by atoms with E-state index in [9.17, 15) is 5.11 Å². The SMILES string of the molecule is COc1cc(CO)ccc1OC(c1ccc(C)s1)C(C)N. The van der Waals surface area contributed by atoms with E-state index in [0.29, 0.717) is 11.5 Å². The van der Waals surface area contributed by atoms with Crippen LogP contribution in [0.25, 0.3) is 0 Å². The van der Waals surface area contributed by atoms with Gasteiger partial charge in [-0.05, 0) is 43.7 Å². The molecule has 0 saturated heterocycles. The summed E-state index contributed by atoms with van der Waals surface area (Å²) in [6.45, 7) is 3.95. The van der Waals surface area contributed by atoms with Crippen LogP contribution in [0, 0.1) is 6.92 Å². The number of thiophene rings is 1. The second-order valence-electron chi connectivity index (χ2n) is 4.99. The first-order valence-electron chi connectivity index (χ1n) is 6.81. The lowest BCUT2D eigenvalue weighted by Gasteiger charge is -2.23. The Kier molecular flexibility index (Phi) is 5.22. The fraction of sp³-hybridized carbons (Fsp3) is 0.375. The summed E-state index contributed by atoms with van der Waals surface area (Å²) in [5.74, 6) is 1.23. The molecule has 2 atom stereocenters. The van der Waals surface area contributed by atoms with Gasteiger partial charge in [0.15, 0.2) is 11.5 Å². The third-order valence-corrected chi connectivity index (χ3v) is 4.25. The van der Waals surface area contributed by atoms with Crippen LogP contribution in [0.1, 0.15) is 28.3 Å². The summed E-state index contributed by atoms with van der Waals surface area (Å²) in [5, 5.41) is 9.18. The molecule has 1 heterocycles. The number of aryl methyl sites for hydroxylation is 1. The predicted octanol–water partition coefficient (Wildman–Crippen LogP) is 3.02. The Morgan fingerprint density at radius 1 is 1.24 bits per heavy atom. The van der Waals surface area contributed by atoms with Crippen molar-refractivity contribution in [3.8, 4) is 11.5 Å². The average molecular weight is 307 g/mol. The summed E-state index contributed by atoms with van der Waals surface area (Å²) in [6.07, 6.45) is -0.224. The van der Waals surface area contributed by atoms with Crippen molar-refractivity contribution < 1.29 is 14.6 Å². The van der Waals surface area contributed by atoms with Crippen molar-refractivity contribution in [1.82, 2.24) is 0 Å². The highest BCUT2D eigenvalue weighted by molar-refractivity contribution is 7.12. The zero-order valence-corrected chi connectivity index (χ0v) is 13.3. The van der Waals surface area contributed by atoms with E-state index in [-0.39, 0.29) is 18.8 Å². The van der Waals surface area contributed by atoms with Crippen LogP contribution in [0.4, 0.5) is 0 Å². The maximum absolute atomic E-state index is 9.18. The molecule has 0 fully saturated rings. The topological polar surface area (TPSA) is 64.7 Å². The van der Waals surface area contributed by atoms with Gasteiger partial charge in [-0.25, -0.2) is 0 Å². The zero-order valence-electron chi connectivity index (χ0n) is 12.5. The molecule has 0 bridgehead atoms. The summed E-state index contributed by atoms with van der Waals surface area (Å²) in [7, 11) is 1.58. The maximum atomic E-state index is 9.18. The van der Waals surface area contributed by atoms with Crippen molar-refractivity contribution in [2.24, 2.45) is 5.73 Å². The Morgan fingerprint density at radius 3 is 2.52 bits per heavy atom. The molecule has 1 aromatic heterocycles. The van der Waals surface area contributed by atoms with Crippen LogP contribution >= 0.6 is 11.3 Å². The molecule has 2 rings (SSSR count). The summed E-state index contributed by atoms with van der Waals surface area (Å²) >= 11 is 1.68. The van der Waals surface area contributed by atoms with Crippen molar-refractivity contribution in [3.63, 3.8) is 0 Å². The molecule has 0 aliphatic rings. The molecule has 0 spiro atoms. The second-order valence-corrected chi connectivity index (χ2v) is 6.31. The molecule has 4 nitrogen and oxygen atoms in total. The van der Waals surface area contributed by atoms with Crippen LogP contribution in [0.5, 0.6) is 11.5 Å². The predicted molar refractivity (Wildman–Crippen MR) is 85.0 cm³/mol. The minimum absolute atomic E-state index is 0.0303. The maximum Gasteiger partial charge on any atom is 0.162 e. The van der Waals surface area contributed by atoms with Crippen LogP contribution in [0.2, 0.25) is 0 Å². The van der Waals surface area contributed by atoms with Gasteiger partial charge in [-0.15, -0.1) is 11.3 Å². The molecule has 2 aromatic rings. The van der Waals surface area contributed by atoms with E-state index >= 15 is 0 Å². The first-order valence-corrected chi connectivity index (χ1v) is 7.63. The second kappa shape index (κ2) is 6.93. The van der Waals surface area contributed by atoms with E-state index in [1.165, 1.54) is 4.88 Å². The summed E-state index contributed by atoms with van der Waals surface area (Å²) in [4.78, 5) is 2.32. The number of benzene rings is 1. The first kappa shape index (κ1) is 15.8. The number of hydrogen-bond acceptors (Lipinski definition) is 5. The van der Waals surface area contributed by atoms with E-state index in [0.717, 1.165) is 10.4 Å². The van der Waals surface area contributed by atoms with Gasteiger partial charge in [0.1, 0.15) is 6.10 Å². The fourth-order valence-corrected chi connectivity index (χ4v) is 3.10. The number of methoxy groups -OCH3 is 1. The van der Waals surface area contributed by atoms with E-state index in [1.54, 1.807) is 30.6 Å². The van der Waals surface area contributed by atoms with Gasteiger partial charge in [0.2, 0.25) is 0 Å². The lowest BCUT2D eigenvalue weighted by atomic mass is 10.1. The van der Waals surface area contributed by atoms with E-state index in [1.807, 2.05) is 19.1 Å². The third kappa shape index (κ3) is 3.75. The number of hydrogen-bond donors (Lipinski definition) is 2. The van der Waals surface area contributed by atoms with Gasteiger partial charge in [0, 0.05) is 15.8 Å². The molecule has 3 N–H and O–H groups in total. The van der Waals surface area contributed by atoms with Gasteiger partial charge < -0.3 is 20.3 Å². The summed E-state index contributed by atoms with van der Waals surface area (Å²) < 4.78 is 11.4. The molecule has 21 heavy (non-hydrogen) atoms. The van der Waals surface area contributed by atoms with E-state index in [2.05, 4.69) is 13.0 Å². The largest absolute Gasteiger partial charge is 0.493 e. The zero-order chi connectivity index (χ0) is 15.4. The number of nitrogens with two attached hydrogens (primary N) is 1. The molecule has 2 unspecified atom stereocenters. The number of aliphatic hydroxyl groups is 1. The van der Waals surface area contributed by atoms with Gasteiger partial charge in [-0.2, -0.15) is 0 Å². The lowest BCUT2D eigenvalue weighted by molar-refractivity contribution is 0.176. The molecule has 1 aromatic carbocycles. The van der Waals surface area contributed by atoms with Crippen molar-refractivity contribution in [3.05, 3.63) is 45.6 Å². The molecule has 0 aliphatic carbocycles. The van der Waals surface area contributed by atoms with Crippen LogP contribution in [-0.2, 0) is 6.61 Å². The Morgan fingerprint density at radius 2 is 2.00 bits per heavy atom. The Labute approximate surface area is 129 Å². The Balaban J connectivity index is 2.29. The van der Waals surface area contributed by atoms with Gasteiger partial charge >= 0.3 is 0 Å². The van der Waals surface area contributed by atoms with Gasteiger partial charge in [-0.1, -0.05) is 6.07 Å². The normalized spacial score (nSPS) is 13.8. The molecule has 0 saturated carbocycles. The molecule has 0 radical (unpaired) electrons. The van der Waals surface area contributed by atoms with Crippen LogP contribution < -0.4 is 15.2 Å². The molecule has 0 aliphatic heterocycles. The van der Waals surface area contributed by atoms with Gasteiger partial charge in [0.05, 0.1) is 13.7 Å². The van der Waals surface area contributed by atoms with Crippen molar-refractivity contribution in [2.45, 2.75) is 32.6 Å². The number of ether oxygens (including phenoxy) is 2.